The number of rotatable bonds is 6. The molecule has 27 heavy (non-hydrogen) atoms. The van der Waals surface area contributed by atoms with Crippen molar-refractivity contribution < 1.29 is 13.5 Å². The Labute approximate surface area is 160 Å². The van der Waals surface area contributed by atoms with Crippen LogP contribution in [-0.4, -0.2) is 49.7 Å². The van der Waals surface area contributed by atoms with E-state index in [0.717, 1.165) is 57.2 Å². The molecule has 2 aliphatic rings. The zero-order valence-electron chi connectivity index (χ0n) is 16.1. The number of hydrogen-bond donors (Lipinski definition) is 0. The van der Waals surface area contributed by atoms with E-state index in [1.54, 1.807) is 18.4 Å². The summed E-state index contributed by atoms with van der Waals surface area (Å²) in [6.45, 7) is 6.82. The van der Waals surface area contributed by atoms with Crippen molar-refractivity contribution in [3.8, 4) is 0 Å². The molecule has 0 amide bonds. The lowest BCUT2D eigenvalue weighted by atomic mass is 9.71. The summed E-state index contributed by atoms with van der Waals surface area (Å²) in [5.41, 5.74) is 1.38. The van der Waals surface area contributed by atoms with E-state index < -0.39 is 0 Å². The second kappa shape index (κ2) is 8.13. The lowest BCUT2D eigenvalue weighted by Crippen LogP contribution is -2.44. The van der Waals surface area contributed by atoms with Crippen molar-refractivity contribution in [3.05, 3.63) is 59.8 Å². The van der Waals surface area contributed by atoms with Crippen molar-refractivity contribution in [1.82, 2.24) is 9.80 Å². The number of piperidine rings is 1. The van der Waals surface area contributed by atoms with E-state index in [2.05, 4.69) is 15.9 Å². The smallest absolute Gasteiger partial charge is 0.123 e. The van der Waals surface area contributed by atoms with Crippen LogP contribution in [0.25, 0.3) is 0 Å². The minimum Gasteiger partial charge on any atom is -0.468 e. The Kier molecular flexibility index (Phi) is 5.62. The van der Waals surface area contributed by atoms with Gasteiger partial charge in [-0.25, -0.2) is 4.39 Å². The molecule has 0 radical (unpaired) electrons. The maximum Gasteiger partial charge on any atom is 0.123 e. The Morgan fingerprint density at radius 1 is 1.15 bits per heavy atom. The van der Waals surface area contributed by atoms with Gasteiger partial charge in [0, 0.05) is 32.7 Å². The van der Waals surface area contributed by atoms with E-state index in [4.69, 9.17) is 9.15 Å². The van der Waals surface area contributed by atoms with Crippen LogP contribution < -0.4 is 0 Å². The maximum absolute atomic E-state index is 13.5. The largest absolute Gasteiger partial charge is 0.468 e. The normalized spacial score (nSPS) is 23.3. The first-order valence-corrected chi connectivity index (χ1v) is 9.87. The Hall–Kier alpha value is -1.69. The van der Waals surface area contributed by atoms with E-state index in [-0.39, 0.29) is 5.82 Å². The molecule has 4 nitrogen and oxygen atoms in total. The van der Waals surface area contributed by atoms with Crippen LogP contribution >= 0.6 is 0 Å². The van der Waals surface area contributed by atoms with Crippen LogP contribution in [0.4, 0.5) is 4.39 Å². The fourth-order valence-corrected chi connectivity index (χ4v) is 4.93. The fourth-order valence-electron chi connectivity index (χ4n) is 4.93. The molecule has 2 aromatic rings. The van der Waals surface area contributed by atoms with Gasteiger partial charge in [0.25, 0.3) is 0 Å². The molecule has 2 fully saturated rings. The lowest BCUT2D eigenvalue weighted by molar-refractivity contribution is 0.0349. The molecule has 146 valence electrons. The van der Waals surface area contributed by atoms with Crippen molar-refractivity contribution in [2.75, 3.05) is 39.9 Å². The van der Waals surface area contributed by atoms with E-state index in [9.17, 15) is 4.39 Å². The molecular formula is C22H29FN2O2. The van der Waals surface area contributed by atoms with Gasteiger partial charge in [-0.3, -0.25) is 9.80 Å². The molecule has 1 spiro atoms. The second-order valence-electron chi connectivity index (χ2n) is 8.17. The second-order valence-corrected chi connectivity index (χ2v) is 8.17. The van der Waals surface area contributed by atoms with Crippen molar-refractivity contribution in [2.45, 2.75) is 25.9 Å². The van der Waals surface area contributed by atoms with Gasteiger partial charge in [-0.2, -0.15) is 0 Å². The van der Waals surface area contributed by atoms with Crippen molar-refractivity contribution in [2.24, 2.45) is 11.3 Å². The summed E-state index contributed by atoms with van der Waals surface area (Å²) >= 11 is 0. The van der Waals surface area contributed by atoms with Crippen molar-refractivity contribution in [3.63, 3.8) is 0 Å². The Morgan fingerprint density at radius 3 is 2.70 bits per heavy atom. The molecule has 4 rings (SSSR count). The highest BCUT2D eigenvalue weighted by Gasteiger charge is 2.47. The van der Waals surface area contributed by atoms with Crippen LogP contribution in [-0.2, 0) is 17.8 Å². The predicted octanol–water partition coefficient (Wildman–Crippen LogP) is 3.78. The topological polar surface area (TPSA) is 28.9 Å². The first-order chi connectivity index (χ1) is 13.2. The maximum atomic E-state index is 13.5. The van der Waals surface area contributed by atoms with Crippen LogP contribution in [0, 0.1) is 17.2 Å². The molecule has 0 bridgehead atoms. The number of nitrogens with zero attached hydrogens (tertiary/aromatic N) is 2. The van der Waals surface area contributed by atoms with Gasteiger partial charge in [-0.15, -0.1) is 0 Å². The Morgan fingerprint density at radius 2 is 2.00 bits per heavy atom. The number of ether oxygens (including phenoxy) is 1. The molecule has 5 heteroatoms. The van der Waals surface area contributed by atoms with Gasteiger partial charge >= 0.3 is 0 Å². The molecule has 0 N–H and O–H groups in total. The number of hydrogen-bond acceptors (Lipinski definition) is 4. The van der Waals surface area contributed by atoms with E-state index in [0.29, 0.717) is 11.3 Å². The Balaban J connectivity index is 1.38. The molecule has 1 aromatic heterocycles. The summed E-state index contributed by atoms with van der Waals surface area (Å²) in [6.07, 6.45) is 4.09. The molecular weight excluding hydrogens is 343 g/mol. The third-order valence-electron chi connectivity index (χ3n) is 6.36. The summed E-state index contributed by atoms with van der Waals surface area (Å²) in [4.78, 5) is 4.98. The molecule has 0 saturated carbocycles. The fraction of sp³-hybridized carbons (Fsp3) is 0.545. The highest BCUT2D eigenvalue weighted by Crippen LogP contribution is 2.45. The summed E-state index contributed by atoms with van der Waals surface area (Å²) < 4.78 is 24.6. The first kappa shape index (κ1) is 18.7. The number of benzene rings is 1. The molecule has 0 unspecified atom stereocenters. The predicted molar refractivity (Wildman–Crippen MR) is 103 cm³/mol. The van der Waals surface area contributed by atoms with E-state index >= 15 is 0 Å². The number of furan rings is 1. The summed E-state index contributed by atoms with van der Waals surface area (Å²) in [5.74, 6) is 1.45. The first-order valence-electron chi connectivity index (χ1n) is 9.87. The van der Waals surface area contributed by atoms with Gasteiger partial charge in [-0.1, -0.05) is 12.1 Å². The molecule has 2 aliphatic heterocycles. The van der Waals surface area contributed by atoms with E-state index in [1.807, 2.05) is 19.2 Å². The molecule has 0 aliphatic carbocycles. The van der Waals surface area contributed by atoms with Crippen LogP contribution in [0.2, 0.25) is 0 Å². The molecule has 2 saturated heterocycles. The third kappa shape index (κ3) is 4.26. The SMILES string of the molecule is COC[C@@H]1CN(Cc2ccco2)CC12CCN(Cc1cccc(F)c1)CC2. The molecule has 1 aromatic carbocycles. The van der Waals surface area contributed by atoms with E-state index in [1.165, 1.54) is 18.9 Å². The lowest BCUT2D eigenvalue weighted by Gasteiger charge is -2.42. The zero-order valence-corrected chi connectivity index (χ0v) is 16.1. The zero-order chi connectivity index (χ0) is 18.7. The average Bonchev–Trinajstić information content (AvgIpc) is 3.27. The summed E-state index contributed by atoms with van der Waals surface area (Å²) in [6, 6.07) is 11.0. The monoisotopic (exact) mass is 372 g/mol. The quantitative estimate of drug-likeness (QED) is 0.772. The van der Waals surface area contributed by atoms with Gasteiger partial charge in [-0.05, 0) is 61.2 Å². The van der Waals surface area contributed by atoms with Crippen molar-refractivity contribution >= 4 is 0 Å². The Bertz CT molecular complexity index is 726. The highest BCUT2D eigenvalue weighted by molar-refractivity contribution is 5.16. The van der Waals surface area contributed by atoms with Gasteiger partial charge in [0.15, 0.2) is 0 Å². The summed E-state index contributed by atoms with van der Waals surface area (Å²) in [7, 11) is 1.81. The summed E-state index contributed by atoms with van der Waals surface area (Å²) in [5, 5.41) is 0. The van der Waals surface area contributed by atoms with Crippen LogP contribution in [0.3, 0.4) is 0 Å². The van der Waals surface area contributed by atoms with Crippen LogP contribution in [0.1, 0.15) is 24.2 Å². The average molecular weight is 372 g/mol. The number of methoxy groups -OCH3 is 1. The van der Waals surface area contributed by atoms with Gasteiger partial charge < -0.3 is 9.15 Å². The number of halogens is 1. The molecule has 1 atom stereocenters. The minimum atomic E-state index is -0.148. The molecule has 3 heterocycles. The van der Waals surface area contributed by atoms with Gasteiger partial charge in [0.05, 0.1) is 19.4 Å². The number of likely N-dealkylation sites (tertiary alicyclic amines) is 2. The van der Waals surface area contributed by atoms with Gasteiger partial charge in [0.1, 0.15) is 11.6 Å². The van der Waals surface area contributed by atoms with Gasteiger partial charge in [0.2, 0.25) is 0 Å². The standard InChI is InChI=1S/C22H29FN2O2/c1-26-16-19-14-25(15-21-6-3-11-27-21)17-22(19)7-9-24(10-8-22)13-18-4-2-5-20(23)12-18/h2-6,11-12,19H,7-10,13-17H2,1H3/t19-/m0/s1. The van der Waals surface area contributed by atoms with Crippen LogP contribution in [0.15, 0.2) is 47.1 Å². The third-order valence-corrected chi connectivity index (χ3v) is 6.36. The van der Waals surface area contributed by atoms with Crippen LogP contribution in [0.5, 0.6) is 0 Å². The minimum absolute atomic E-state index is 0.148. The van der Waals surface area contributed by atoms with Crippen molar-refractivity contribution in [1.29, 1.82) is 0 Å². The highest BCUT2D eigenvalue weighted by atomic mass is 19.1.